The number of hydrogen-bond donors (Lipinski definition) is 0. The van der Waals surface area contributed by atoms with Crippen LogP contribution in [0.4, 0.5) is 0 Å². The lowest BCUT2D eigenvalue weighted by Gasteiger charge is -2.25. The minimum absolute atomic E-state index is 0.597. The van der Waals surface area contributed by atoms with Gasteiger partial charge in [0.1, 0.15) is 0 Å². The van der Waals surface area contributed by atoms with E-state index in [9.17, 15) is 0 Å². The first-order valence-electron chi connectivity index (χ1n) is 6.90. The lowest BCUT2D eigenvalue weighted by atomic mass is 9.80. The van der Waals surface area contributed by atoms with E-state index in [4.69, 9.17) is 0 Å². The highest BCUT2D eigenvalue weighted by Crippen LogP contribution is 2.36. The van der Waals surface area contributed by atoms with Crippen LogP contribution in [0.1, 0.15) is 36.8 Å². The van der Waals surface area contributed by atoms with Crippen LogP contribution in [0.15, 0.2) is 48.6 Å². The van der Waals surface area contributed by atoms with Crippen LogP contribution in [-0.4, -0.2) is 0 Å². The first-order valence-corrected chi connectivity index (χ1v) is 6.90. The van der Waals surface area contributed by atoms with Crippen molar-refractivity contribution in [2.75, 3.05) is 0 Å². The van der Waals surface area contributed by atoms with E-state index in [0.717, 1.165) is 5.92 Å². The van der Waals surface area contributed by atoms with Gasteiger partial charge in [-0.2, -0.15) is 0 Å². The number of aryl methyl sites for hydroxylation is 1. The van der Waals surface area contributed by atoms with Gasteiger partial charge in [0, 0.05) is 5.92 Å². The molecule has 0 bridgehead atoms. The van der Waals surface area contributed by atoms with Crippen LogP contribution in [0.5, 0.6) is 0 Å². The summed E-state index contributed by atoms with van der Waals surface area (Å²) in [6.07, 6.45) is 7.29. The maximum Gasteiger partial charge on any atom is 0.00293 e. The van der Waals surface area contributed by atoms with Gasteiger partial charge in [-0.15, -0.1) is 0 Å². The van der Waals surface area contributed by atoms with Gasteiger partial charge in [-0.05, 0) is 47.6 Å². The molecule has 0 heteroatoms. The van der Waals surface area contributed by atoms with Gasteiger partial charge in [0.2, 0.25) is 0 Å². The number of allylic oxidation sites excluding steroid dienone is 2. The van der Waals surface area contributed by atoms with Gasteiger partial charge in [0.15, 0.2) is 0 Å². The molecular weight excluding hydrogens is 216 g/mol. The molecule has 0 N–H and O–H groups in total. The molecule has 0 aromatic heterocycles. The lowest BCUT2D eigenvalue weighted by molar-refractivity contribution is 0.490. The SMILES string of the molecule is Cc1ccc2ccccc2c1C1C=CCC(C)C1. The molecule has 0 radical (unpaired) electrons. The van der Waals surface area contributed by atoms with Crippen molar-refractivity contribution >= 4 is 10.8 Å². The molecule has 0 amide bonds. The minimum atomic E-state index is 0.597. The molecule has 1 aliphatic rings. The summed E-state index contributed by atoms with van der Waals surface area (Å²) in [5, 5.41) is 2.80. The zero-order chi connectivity index (χ0) is 12.5. The Morgan fingerprint density at radius 1 is 1.06 bits per heavy atom. The van der Waals surface area contributed by atoms with Crippen molar-refractivity contribution in [2.24, 2.45) is 5.92 Å². The van der Waals surface area contributed by atoms with Crippen LogP contribution < -0.4 is 0 Å². The Kier molecular flexibility index (Phi) is 2.95. The van der Waals surface area contributed by atoms with Crippen LogP contribution in [0.3, 0.4) is 0 Å². The predicted molar refractivity (Wildman–Crippen MR) is 79.0 cm³/mol. The molecule has 0 saturated heterocycles. The number of hydrogen-bond acceptors (Lipinski definition) is 0. The largest absolute Gasteiger partial charge is 0.0877 e. The fourth-order valence-corrected chi connectivity index (χ4v) is 3.19. The zero-order valence-corrected chi connectivity index (χ0v) is 11.2. The van der Waals surface area contributed by atoms with Gasteiger partial charge in [-0.25, -0.2) is 0 Å². The normalized spacial score (nSPS) is 23.4. The fraction of sp³-hybridized carbons (Fsp3) is 0.333. The van der Waals surface area contributed by atoms with Crippen LogP contribution in [0.2, 0.25) is 0 Å². The third kappa shape index (κ3) is 1.96. The summed E-state index contributed by atoms with van der Waals surface area (Å²) in [5.41, 5.74) is 2.97. The Morgan fingerprint density at radius 3 is 2.72 bits per heavy atom. The standard InChI is InChI=1S/C18H20/c1-13-6-5-8-16(12-13)18-14(2)10-11-15-7-3-4-9-17(15)18/h3-5,7-11,13,16H,6,12H2,1-2H3. The summed E-state index contributed by atoms with van der Waals surface area (Å²) in [6, 6.07) is 13.3. The maximum atomic E-state index is 2.41. The number of fused-ring (bicyclic) bond motifs is 1. The van der Waals surface area contributed by atoms with Gasteiger partial charge >= 0.3 is 0 Å². The summed E-state index contributed by atoms with van der Waals surface area (Å²) >= 11 is 0. The molecule has 3 rings (SSSR count). The Balaban J connectivity index is 2.18. The van der Waals surface area contributed by atoms with Crippen LogP contribution in [-0.2, 0) is 0 Å². The van der Waals surface area contributed by atoms with Crippen molar-refractivity contribution in [1.29, 1.82) is 0 Å². The van der Waals surface area contributed by atoms with Crippen molar-refractivity contribution in [3.05, 3.63) is 59.7 Å². The van der Waals surface area contributed by atoms with E-state index in [2.05, 4.69) is 62.4 Å². The van der Waals surface area contributed by atoms with E-state index in [1.165, 1.54) is 34.7 Å². The molecule has 18 heavy (non-hydrogen) atoms. The van der Waals surface area contributed by atoms with Crippen molar-refractivity contribution in [1.82, 2.24) is 0 Å². The summed E-state index contributed by atoms with van der Waals surface area (Å²) in [6.45, 7) is 4.60. The number of rotatable bonds is 1. The summed E-state index contributed by atoms with van der Waals surface area (Å²) < 4.78 is 0. The first kappa shape index (κ1) is 11.5. The van der Waals surface area contributed by atoms with Gasteiger partial charge in [0.05, 0.1) is 0 Å². The highest BCUT2D eigenvalue weighted by atomic mass is 14.2. The van der Waals surface area contributed by atoms with Gasteiger partial charge in [0.25, 0.3) is 0 Å². The summed E-state index contributed by atoms with van der Waals surface area (Å²) in [5.74, 6) is 1.40. The molecule has 2 unspecified atom stereocenters. The average molecular weight is 236 g/mol. The fourth-order valence-electron chi connectivity index (χ4n) is 3.19. The van der Waals surface area contributed by atoms with Crippen LogP contribution in [0, 0.1) is 12.8 Å². The Bertz CT molecular complexity index is 592. The van der Waals surface area contributed by atoms with E-state index in [1.807, 2.05) is 0 Å². The Hall–Kier alpha value is -1.56. The maximum absolute atomic E-state index is 2.41. The third-order valence-corrected chi connectivity index (χ3v) is 4.12. The highest BCUT2D eigenvalue weighted by Gasteiger charge is 2.19. The first-order chi connectivity index (χ1) is 8.75. The molecule has 0 aliphatic heterocycles. The molecule has 0 heterocycles. The third-order valence-electron chi connectivity index (χ3n) is 4.12. The van der Waals surface area contributed by atoms with E-state index in [-0.39, 0.29) is 0 Å². The monoisotopic (exact) mass is 236 g/mol. The average Bonchev–Trinajstić information content (AvgIpc) is 2.38. The Morgan fingerprint density at radius 2 is 1.89 bits per heavy atom. The molecule has 0 saturated carbocycles. The van der Waals surface area contributed by atoms with Gasteiger partial charge in [-0.1, -0.05) is 55.5 Å². The van der Waals surface area contributed by atoms with E-state index < -0.39 is 0 Å². The van der Waals surface area contributed by atoms with Crippen molar-refractivity contribution in [3.8, 4) is 0 Å². The van der Waals surface area contributed by atoms with Gasteiger partial charge in [-0.3, -0.25) is 0 Å². The molecule has 2 aromatic carbocycles. The highest BCUT2D eigenvalue weighted by molar-refractivity contribution is 5.87. The second-order valence-corrected chi connectivity index (χ2v) is 5.63. The second-order valence-electron chi connectivity index (χ2n) is 5.63. The van der Waals surface area contributed by atoms with Crippen LogP contribution in [0.25, 0.3) is 10.8 Å². The predicted octanol–water partition coefficient (Wildman–Crippen LogP) is 5.22. The summed E-state index contributed by atoms with van der Waals surface area (Å²) in [7, 11) is 0. The van der Waals surface area contributed by atoms with E-state index in [0.29, 0.717) is 5.92 Å². The molecule has 92 valence electrons. The Labute approximate surface area is 109 Å². The molecule has 2 atom stereocenters. The van der Waals surface area contributed by atoms with Crippen molar-refractivity contribution in [2.45, 2.75) is 32.6 Å². The van der Waals surface area contributed by atoms with E-state index in [1.54, 1.807) is 0 Å². The number of benzene rings is 2. The zero-order valence-electron chi connectivity index (χ0n) is 11.2. The lowest BCUT2D eigenvalue weighted by Crippen LogP contribution is -2.08. The molecule has 0 nitrogen and oxygen atoms in total. The van der Waals surface area contributed by atoms with Crippen molar-refractivity contribution < 1.29 is 0 Å². The van der Waals surface area contributed by atoms with Gasteiger partial charge < -0.3 is 0 Å². The van der Waals surface area contributed by atoms with Crippen LogP contribution >= 0.6 is 0 Å². The molecular formula is C18H20. The molecule has 0 spiro atoms. The van der Waals surface area contributed by atoms with Crippen molar-refractivity contribution in [3.63, 3.8) is 0 Å². The topological polar surface area (TPSA) is 0 Å². The smallest absolute Gasteiger partial charge is 0.00293 e. The molecule has 1 aliphatic carbocycles. The molecule has 2 aromatic rings. The van der Waals surface area contributed by atoms with E-state index >= 15 is 0 Å². The quantitative estimate of drug-likeness (QED) is 0.596. The second kappa shape index (κ2) is 4.61. The summed E-state index contributed by atoms with van der Waals surface area (Å²) in [4.78, 5) is 0. The molecule has 0 fully saturated rings. The minimum Gasteiger partial charge on any atom is -0.0877 e.